The number of carbonyl (C=O) groups is 3. The van der Waals surface area contributed by atoms with Gasteiger partial charge in [-0.3, -0.25) is 19.4 Å². The quantitative estimate of drug-likeness (QED) is 0.794. The Morgan fingerprint density at radius 1 is 1.13 bits per heavy atom. The number of pyridine rings is 1. The molecule has 0 saturated heterocycles. The van der Waals surface area contributed by atoms with E-state index in [1.165, 1.54) is 5.01 Å². The van der Waals surface area contributed by atoms with E-state index in [-0.39, 0.29) is 35.7 Å². The summed E-state index contributed by atoms with van der Waals surface area (Å²) >= 11 is 1.11. The Labute approximate surface area is 184 Å². The molecule has 3 amide bonds. The Morgan fingerprint density at radius 2 is 1.87 bits per heavy atom. The number of nitrogens with zero attached hydrogens (tertiary/aromatic N) is 4. The summed E-state index contributed by atoms with van der Waals surface area (Å²) in [5.41, 5.74) is 3.31. The molecule has 0 aliphatic carbocycles. The fraction of sp³-hybridized carbons (Fsp3) is 0.318. The van der Waals surface area contributed by atoms with Crippen LogP contribution in [0.1, 0.15) is 43.4 Å². The van der Waals surface area contributed by atoms with Gasteiger partial charge in [-0.25, -0.2) is 0 Å². The topological polar surface area (TPSA) is 95.0 Å². The Bertz CT molecular complexity index is 1090. The summed E-state index contributed by atoms with van der Waals surface area (Å²) in [5.74, 6) is -0.781. The van der Waals surface area contributed by atoms with E-state index >= 15 is 0 Å². The molecule has 160 valence electrons. The molecule has 0 bridgehead atoms. The van der Waals surface area contributed by atoms with Crippen molar-refractivity contribution < 1.29 is 14.4 Å². The largest absolute Gasteiger partial charge is 0.304 e. The van der Waals surface area contributed by atoms with Gasteiger partial charge in [0.15, 0.2) is 5.17 Å². The lowest BCUT2D eigenvalue weighted by atomic mass is 10.0. The summed E-state index contributed by atoms with van der Waals surface area (Å²) in [6, 6.07) is 9.47. The minimum atomic E-state index is -1.38. The van der Waals surface area contributed by atoms with Gasteiger partial charge >= 0.3 is 0 Å². The third kappa shape index (κ3) is 3.48. The number of nitrogens with one attached hydrogen (secondary N) is 1. The molecular weight excluding hydrogens is 414 g/mol. The fourth-order valence-corrected chi connectivity index (χ4v) is 4.97. The van der Waals surface area contributed by atoms with Gasteiger partial charge in [0.05, 0.1) is 12.2 Å². The maximum atomic E-state index is 13.9. The van der Waals surface area contributed by atoms with E-state index in [1.54, 1.807) is 31.1 Å². The summed E-state index contributed by atoms with van der Waals surface area (Å²) in [6.45, 7) is 5.74. The molecule has 0 fully saturated rings. The molecule has 2 aliphatic rings. The number of amidine groups is 1. The molecule has 1 aromatic carbocycles. The van der Waals surface area contributed by atoms with Gasteiger partial charge < -0.3 is 10.2 Å². The molecule has 3 heterocycles. The Balaban J connectivity index is 1.82. The predicted molar refractivity (Wildman–Crippen MR) is 119 cm³/mol. The molecule has 0 unspecified atom stereocenters. The molecular formula is C22H23N5O3S. The van der Waals surface area contributed by atoms with Gasteiger partial charge in [-0.15, -0.1) is 5.10 Å². The van der Waals surface area contributed by atoms with Gasteiger partial charge in [0, 0.05) is 30.8 Å². The zero-order valence-corrected chi connectivity index (χ0v) is 18.4. The first-order valence-electron chi connectivity index (χ1n) is 10.1. The molecule has 4 rings (SSSR count). The van der Waals surface area contributed by atoms with Crippen LogP contribution in [0.4, 0.5) is 5.69 Å². The monoisotopic (exact) mass is 437 g/mol. The highest BCUT2D eigenvalue weighted by Crippen LogP contribution is 2.55. The average Bonchev–Trinajstić information content (AvgIpc) is 3.26. The number of hydrogen-bond acceptors (Lipinski definition) is 6. The molecule has 2 aliphatic heterocycles. The van der Waals surface area contributed by atoms with Crippen molar-refractivity contribution >= 4 is 40.3 Å². The second kappa shape index (κ2) is 8.14. The molecule has 1 aromatic heterocycles. The van der Waals surface area contributed by atoms with Crippen molar-refractivity contribution in [2.75, 3.05) is 4.90 Å². The van der Waals surface area contributed by atoms with Crippen molar-refractivity contribution in [2.24, 2.45) is 5.10 Å². The number of fused-ring (bicyclic) bond motifs is 2. The van der Waals surface area contributed by atoms with Crippen LogP contribution in [0.25, 0.3) is 0 Å². The third-order valence-electron chi connectivity index (χ3n) is 5.27. The highest BCUT2D eigenvalue weighted by Gasteiger charge is 2.61. The van der Waals surface area contributed by atoms with E-state index < -0.39 is 4.87 Å². The zero-order valence-electron chi connectivity index (χ0n) is 17.6. The number of amides is 3. The van der Waals surface area contributed by atoms with Gasteiger partial charge in [-0.1, -0.05) is 31.5 Å². The minimum Gasteiger partial charge on any atom is -0.304 e. The maximum absolute atomic E-state index is 13.9. The number of benzene rings is 1. The van der Waals surface area contributed by atoms with Crippen LogP contribution in [-0.4, -0.2) is 32.9 Å². The lowest BCUT2D eigenvalue weighted by Crippen LogP contribution is -2.48. The highest BCUT2D eigenvalue weighted by atomic mass is 32.2. The number of rotatable bonds is 4. The van der Waals surface area contributed by atoms with E-state index in [2.05, 4.69) is 15.4 Å². The summed E-state index contributed by atoms with van der Waals surface area (Å²) in [5, 5.41) is 8.59. The molecule has 1 N–H and O–H groups in total. The summed E-state index contributed by atoms with van der Waals surface area (Å²) < 4.78 is 0. The van der Waals surface area contributed by atoms with Crippen LogP contribution < -0.4 is 10.2 Å². The van der Waals surface area contributed by atoms with Crippen molar-refractivity contribution in [3.63, 3.8) is 0 Å². The Hall–Kier alpha value is -3.20. The van der Waals surface area contributed by atoms with Crippen LogP contribution in [0.5, 0.6) is 0 Å². The van der Waals surface area contributed by atoms with Crippen molar-refractivity contribution in [1.82, 2.24) is 15.3 Å². The van der Waals surface area contributed by atoms with Crippen LogP contribution in [-0.2, 0) is 25.8 Å². The molecule has 9 heteroatoms. The highest BCUT2D eigenvalue weighted by molar-refractivity contribution is 8.15. The van der Waals surface area contributed by atoms with Crippen LogP contribution in [0.15, 0.2) is 47.8 Å². The number of hydrogen-bond donors (Lipinski definition) is 1. The van der Waals surface area contributed by atoms with Crippen LogP contribution in [0.3, 0.4) is 0 Å². The molecule has 31 heavy (non-hydrogen) atoms. The number of thioether (sulfide) groups is 1. The lowest BCUT2D eigenvalue weighted by molar-refractivity contribution is -0.140. The maximum Gasteiger partial charge on any atom is 0.271 e. The first-order valence-corrected chi connectivity index (χ1v) is 10.9. The second-order valence-corrected chi connectivity index (χ2v) is 8.56. The average molecular weight is 438 g/mol. The van der Waals surface area contributed by atoms with E-state index in [9.17, 15) is 14.4 Å². The number of hydrazone groups is 1. The van der Waals surface area contributed by atoms with E-state index in [4.69, 9.17) is 0 Å². The van der Waals surface area contributed by atoms with Crippen molar-refractivity contribution in [3.05, 3.63) is 59.4 Å². The van der Waals surface area contributed by atoms with Gasteiger partial charge in [-0.05, 0) is 42.4 Å². The molecule has 0 radical (unpaired) electrons. The van der Waals surface area contributed by atoms with E-state index in [1.807, 2.05) is 37.3 Å². The predicted octanol–water partition coefficient (Wildman–Crippen LogP) is 2.87. The SMILES string of the molecule is CCC(=O)NC1=NN(C(=O)CC)[C@@]2(S1)C(=O)N(Cc1ccncc1)c1ccc(C)cc12. The first-order chi connectivity index (χ1) is 14.9. The van der Waals surface area contributed by atoms with Gasteiger partial charge in [0.2, 0.25) is 16.7 Å². The van der Waals surface area contributed by atoms with Crippen molar-refractivity contribution in [3.8, 4) is 0 Å². The van der Waals surface area contributed by atoms with Gasteiger partial charge in [0.1, 0.15) is 0 Å². The summed E-state index contributed by atoms with van der Waals surface area (Å²) in [4.78, 5) is 43.2. The molecule has 8 nitrogen and oxygen atoms in total. The number of carbonyl (C=O) groups excluding carboxylic acids is 3. The van der Waals surface area contributed by atoms with Gasteiger partial charge in [-0.2, -0.15) is 5.01 Å². The number of anilines is 1. The smallest absolute Gasteiger partial charge is 0.271 e. The molecule has 1 spiro atoms. The Kier molecular flexibility index (Phi) is 5.53. The first kappa shape index (κ1) is 21.0. The van der Waals surface area contributed by atoms with Crippen LogP contribution in [0, 0.1) is 6.92 Å². The zero-order chi connectivity index (χ0) is 22.2. The number of aryl methyl sites for hydroxylation is 1. The van der Waals surface area contributed by atoms with Crippen LogP contribution >= 0.6 is 11.8 Å². The van der Waals surface area contributed by atoms with Crippen LogP contribution in [0.2, 0.25) is 0 Å². The normalized spacial score (nSPS) is 19.6. The fourth-order valence-electron chi connectivity index (χ4n) is 3.70. The molecule has 2 aromatic rings. The van der Waals surface area contributed by atoms with Crippen molar-refractivity contribution in [1.29, 1.82) is 0 Å². The third-order valence-corrected chi connectivity index (χ3v) is 6.51. The standard InChI is InChI=1S/C22H23N5O3S/c1-4-18(28)24-21-25-27(19(29)5-2)22(31-21)16-12-14(3)6-7-17(16)26(20(22)30)13-15-8-10-23-11-9-15/h6-12H,4-5,13H2,1-3H3,(H,24,25,28)/t22-/m0/s1. The molecule has 0 saturated carbocycles. The lowest BCUT2D eigenvalue weighted by Gasteiger charge is -2.30. The molecule has 1 atom stereocenters. The second-order valence-electron chi connectivity index (χ2n) is 7.38. The minimum absolute atomic E-state index is 0.180. The van der Waals surface area contributed by atoms with E-state index in [0.717, 1.165) is 28.6 Å². The summed E-state index contributed by atoms with van der Waals surface area (Å²) in [6.07, 6.45) is 3.81. The van der Waals surface area contributed by atoms with Gasteiger partial charge in [0.25, 0.3) is 5.91 Å². The van der Waals surface area contributed by atoms with E-state index in [0.29, 0.717) is 12.1 Å². The summed E-state index contributed by atoms with van der Waals surface area (Å²) in [7, 11) is 0. The number of aromatic nitrogens is 1. The van der Waals surface area contributed by atoms with Crippen molar-refractivity contribution in [2.45, 2.75) is 45.0 Å². The Morgan fingerprint density at radius 3 is 2.55 bits per heavy atom.